The zero-order valence-corrected chi connectivity index (χ0v) is 12.6. The number of carbonyl (C=O) groups is 1. The summed E-state index contributed by atoms with van der Waals surface area (Å²) in [5.41, 5.74) is 2.53. The Morgan fingerprint density at radius 3 is 2.32 bits per heavy atom. The second kappa shape index (κ2) is 7.29. The molecular weight excluding hydrogens is 238 g/mol. The highest BCUT2D eigenvalue weighted by Gasteiger charge is 2.24. The Kier molecular flexibility index (Phi) is 6.03. The quantitative estimate of drug-likeness (QED) is 0.739. The largest absolute Gasteiger partial charge is 0.469 e. The van der Waals surface area contributed by atoms with Crippen LogP contribution in [-0.4, -0.2) is 31.6 Å². The van der Waals surface area contributed by atoms with Crippen LogP contribution in [0.2, 0.25) is 0 Å². The lowest BCUT2D eigenvalue weighted by Gasteiger charge is -2.25. The van der Waals surface area contributed by atoms with Gasteiger partial charge in [-0.25, -0.2) is 0 Å². The van der Waals surface area contributed by atoms with Crippen molar-refractivity contribution in [1.29, 1.82) is 0 Å². The van der Waals surface area contributed by atoms with Crippen LogP contribution in [0.3, 0.4) is 0 Å². The SMILES string of the molecule is COC(=O)C(CN(C)Cc1ccc(C)cc1)C(C)C. The molecule has 1 aromatic carbocycles. The Balaban J connectivity index is 2.59. The summed E-state index contributed by atoms with van der Waals surface area (Å²) >= 11 is 0. The van der Waals surface area contributed by atoms with Crippen LogP contribution in [0.1, 0.15) is 25.0 Å². The van der Waals surface area contributed by atoms with E-state index in [4.69, 9.17) is 4.74 Å². The smallest absolute Gasteiger partial charge is 0.310 e. The number of hydrogen-bond acceptors (Lipinski definition) is 3. The molecule has 0 fully saturated rings. The van der Waals surface area contributed by atoms with Crippen LogP contribution in [0.15, 0.2) is 24.3 Å². The van der Waals surface area contributed by atoms with Gasteiger partial charge in [0.25, 0.3) is 0 Å². The highest BCUT2D eigenvalue weighted by molar-refractivity contribution is 5.72. The number of carbonyl (C=O) groups excluding carboxylic acids is 1. The fraction of sp³-hybridized carbons (Fsp3) is 0.562. The van der Waals surface area contributed by atoms with Crippen molar-refractivity contribution in [2.24, 2.45) is 11.8 Å². The maximum absolute atomic E-state index is 11.7. The van der Waals surface area contributed by atoms with Gasteiger partial charge >= 0.3 is 5.97 Å². The molecule has 0 amide bonds. The monoisotopic (exact) mass is 263 g/mol. The molecule has 3 nitrogen and oxygen atoms in total. The zero-order chi connectivity index (χ0) is 14.4. The van der Waals surface area contributed by atoms with Crippen molar-refractivity contribution in [2.45, 2.75) is 27.3 Å². The fourth-order valence-electron chi connectivity index (χ4n) is 2.11. The lowest BCUT2D eigenvalue weighted by Crippen LogP contribution is -2.34. The highest BCUT2D eigenvalue weighted by atomic mass is 16.5. The Labute approximate surface area is 116 Å². The van der Waals surface area contributed by atoms with E-state index in [1.54, 1.807) is 0 Å². The molecule has 106 valence electrons. The van der Waals surface area contributed by atoms with Crippen LogP contribution in [-0.2, 0) is 16.1 Å². The first-order chi connectivity index (χ1) is 8.93. The molecule has 3 heteroatoms. The highest BCUT2D eigenvalue weighted by Crippen LogP contribution is 2.15. The molecule has 0 N–H and O–H groups in total. The standard InChI is InChI=1S/C16H25NO2/c1-12(2)15(16(18)19-5)11-17(4)10-14-8-6-13(3)7-9-14/h6-9,12,15H,10-11H2,1-5H3. The maximum Gasteiger partial charge on any atom is 0.310 e. The molecule has 1 rings (SSSR count). The number of aryl methyl sites for hydroxylation is 1. The van der Waals surface area contributed by atoms with E-state index in [-0.39, 0.29) is 17.8 Å². The summed E-state index contributed by atoms with van der Waals surface area (Å²) in [4.78, 5) is 13.9. The molecule has 0 radical (unpaired) electrons. The number of benzene rings is 1. The summed E-state index contributed by atoms with van der Waals surface area (Å²) in [5.74, 6) is 0.0964. The van der Waals surface area contributed by atoms with E-state index in [0.717, 1.165) is 13.1 Å². The van der Waals surface area contributed by atoms with Crippen molar-refractivity contribution < 1.29 is 9.53 Å². The van der Waals surface area contributed by atoms with E-state index in [1.165, 1.54) is 18.2 Å². The minimum atomic E-state index is -0.120. The number of hydrogen-bond donors (Lipinski definition) is 0. The van der Waals surface area contributed by atoms with E-state index in [2.05, 4.69) is 49.9 Å². The van der Waals surface area contributed by atoms with E-state index in [1.807, 2.05) is 7.05 Å². The second-order valence-corrected chi connectivity index (χ2v) is 5.56. The molecule has 0 saturated heterocycles. The predicted octanol–water partition coefficient (Wildman–Crippen LogP) is 2.87. The average molecular weight is 263 g/mol. The van der Waals surface area contributed by atoms with E-state index in [9.17, 15) is 4.79 Å². The number of methoxy groups -OCH3 is 1. The van der Waals surface area contributed by atoms with Crippen LogP contribution < -0.4 is 0 Å². The lowest BCUT2D eigenvalue weighted by molar-refractivity contribution is -0.147. The number of ether oxygens (including phenoxy) is 1. The summed E-state index contributed by atoms with van der Waals surface area (Å²) in [6, 6.07) is 8.50. The summed E-state index contributed by atoms with van der Waals surface area (Å²) in [6.07, 6.45) is 0. The third-order valence-corrected chi connectivity index (χ3v) is 3.39. The van der Waals surface area contributed by atoms with Crippen molar-refractivity contribution in [3.8, 4) is 0 Å². The van der Waals surface area contributed by atoms with Crippen molar-refractivity contribution in [3.05, 3.63) is 35.4 Å². The van der Waals surface area contributed by atoms with Gasteiger partial charge in [0.2, 0.25) is 0 Å². The molecule has 0 aliphatic carbocycles. The second-order valence-electron chi connectivity index (χ2n) is 5.56. The summed E-state index contributed by atoms with van der Waals surface area (Å²) < 4.78 is 4.87. The third kappa shape index (κ3) is 5.03. The third-order valence-electron chi connectivity index (χ3n) is 3.39. The van der Waals surface area contributed by atoms with Crippen LogP contribution in [0, 0.1) is 18.8 Å². The van der Waals surface area contributed by atoms with Crippen molar-refractivity contribution in [2.75, 3.05) is 20.7 Å². The molecule has 1 unspecified atom stereocenters. The summed E-state index contributed by atoms with van der Waals surface area (Å²) in [5, 5.41) is 0. The first-order valence-electron chi connectivity index (χ1n) is 6.76. The number of nitrogens with zero attached hydrogens (tertiary/aromatic N) is 1. The van der Waals surface area contributed by atoms with Crippen molar-refractivity contribution in [1.82, 2.24) is 4.90 Å². The van der Waals surface area contributed by atoms with E-state index in [0.29, 0.717) is 0 Å². The zero-order valence-electron chi connectivity index (χ0n) is 12.6. The van der Waals surface area contributed by atoms with Gasteiger partial charge in [-0.2, -0.15) is 0 Å². The minimum Gasteiger partial charge on any atom is -0.469 e. The Bertz CT molecular complexity index is 398. The van der Waals surface area contributed by atoms with Crippen molar-refractivity contribution in [3.63, 3.8) is 0 Å². The lowest BCUT2D eigenvalue weighted by atomic mass is 9.95. The number of rotatable bonds is 6. The normalized spacial score (nSPS) is 12.8. The van der Waals surface area contributed by atoms with Gasteiger partial charge < -0.3 is 9.64 Å². The van der Waals surface area contributed by atoms with E-state index >= 15 is 0 Å². The van der Waals surface area contributed by atoms with Gasteiger partial charge in [0, 0.05) is 13.1 Å². The molecule has 0 aliphatic rings. The molecule has 0 heterocycles. The minimum absolute atomic E-state index is 0.0690. The Morgan fingerprint density at radius 1 is 1.26 bits per heavy atom. The van der Waals surface area contributed by atoms with Gasteiger partial charge in [0.15, 0.2) is 0 Å². The predicted molar refractivity (Wildman–Crippen MR) is 77.9 cm³/mol. The molecule has 0 aromatic heterocycles. The summed E-state index contributed by atoms with van der Waals surface area (Å²) in [7, 11) is 3.50. The first kappa shape index (κ1) is 15.7. The average Bonchev–Trinajstić information content (AvgIpc) is 2.37. The summed E-state index contributed by atoms with van der Waals surface area (Å²) in [6.45, 7) is 7.76. The van der Waals surface area contributed by atoms with Crippen LogP contribution in [0.25, 0.3) is 0 Å². The maximum atomic E-state index is 11.7. The van der Waals surface area contributed by atoms with Gasteiger partial charge in [0.05, 0.1) is 13.0 Å². The fourth-order valence-corrected chi connectivity index (χ4v) is 2.11. The molecule has 0 bridgehead atoms. The first-order valence-corrected chi connectivity index (χ1v) is 6.76. The van der Waals surface area contributed by atoms with Crippen LogP contribution in [0.4, 0.5) is 0 Å². The molecule has 1 atom stereocenters. The number of esters is 1. The van der Waals surface area contributed by atoms with Gasteiger partial charge in [-0.3, -0.25) is 4.79 Å². The van der Waals surface area contributed by atoms with Gasteiger partial charge in [-0.1, -0.05) is 43.7 Å². The van der Waals surface area contributed by atoms with E-state index < -0.39 is 0 Å². The molecular formula is C16H25NO2. The molecule has 19 heavy (non-hydrogen) atoms. The van der Waals surface area contributed by atoms with Gasteiger partial charge in [-0.05, 0) is 25.5 Å². The van der Waals surface area contributed by atoms with Crippen LogP contribution >= 0.6 is 0 Å². The molecule has 1 aromatic rings. The Hall–Kier alpha value is -1.35. The molecule has 0 aliphatic heterocycles. The van der Waals surface area contributed by atoms with Gasteiger partial charge in [0.1, 0.15) is 0 Å². The van der Waals surface area contributed by atoms with Crippen molar-refractivity contribution >= 4 is 5.97 Å². The van der Waals surface area contributed by atoms with Crippen LogP contribution in [0.5, 0.6) is 0 Å². The van der Waals surface area contributed by atoms with Gasteiger partial charge in [-0.15, -0.1) is 0 Å². The Morgan fingerprint density at radius 2 is 1.84 bits per heavy atom. The molecule has 0 spiro atoms. The topological polar surface area (TPSA) is 29.5 Å². The molecule has 0 saturated carbocycles.